The smallest absolute Gasteiger partial charge is 0.148 e. The number of rotatable bonds is 3. The highest BCUT2D eigenvalue weighted by molar-refractivity contribution is 5.85. The van der Waals surface area contributed by atoms with Gasteiger partial charge in [0.25, 0.3) is 0 Å². The molecule has 2 N–H and O–H groups in total. The van der Waals surface area contributed by atoms with Gasteiger partial charge in [-0.15, -0.1) is 0 Å². The number of piperidine rings is 1. The Kier molecular flexibility index (Phi) is 4.31. The van der Waals surface area contributed by atoms with Crippen LogP contribution in [0, 0.1) is 11.7 Å². The Labute approximate surface area is 148 Å². The van der Waals surface area contributed by atoms with E-state index in [1.54, 1.807) is 12.1 Å². The molecule has 0 amide bonds. The SMILES string of the molecule is Nc1ccc(N2CCC(Cc3cccc4ccccc34)CC2)c(F)c1. The first-order valence-electron chi connectivity index (χ1n) is 8.97. The quantitative estimate of drug-likeness (QED) is 0.681. The number of fused-ring (bicyclic) bond motifs is 1. The molecule has 0 saturated carbocycles. The maximum atomic E-state index is 14.1. The zero-order valence-corrected chi connectivity index (χ0v) is 14.3. The third kappa shape index (κ3) is 3.32. The van der Waals surface area contributed by atoms with E-state index in [4.69, 9.17) is 5.73 Å². The van der Waals surface area contributed by atoms with Crippen LogP contribution in [0.5, 0.6) is 0 Å². The summed E-state index contributed by atoms with van der Waals surface area (Å²) in [7, 11) is 0. The molecule has 1 aliphatic heterocycles. The molecule has 1 aliphatic rings. The lowest BCUT2D eigenvalue weighted by atomic mass is 9.88. The molecule has 1 fully saturated rings. The van der Waals surface area contributed by atoms with Crippen LogP contribution in [0.2, 0.25) is 0 Å². The fraction of sp³-hybridized carbons (Fsp3) is 0.273. The molecule has 0 spiro atoms. The summed E-state index contributed by atoms with van der Waals surface area (Å²) in [6.07, 6.45) is 3.28. The minimum atomic E-state index is -0.215. The molecule has 128 valence electrons. The van der Waals surface area contributed by atoms with Crippen molar-refractivity contribution in [3.8, 4) is 0 Å². The van der Waals surface area contributed by atoms with Crippen molar-refractivity contribution in [1.29, 1.82) is 0 Å². The molecule has 1 saturated heterocycles. The van der Waals surface area contributed by atoms with E-state index in [0.717, 1.165) is 32.4 Å². The van der Waals surface area contributed by atoms with Crippen molar-refractivity contribution in [2.75, 3.05) is 23.7 Å². The Morgan fingerprint density at radius 2 is 1.72 bits per heavy atom. The van der Waals surface area contributed by atoms with E-state index in [0.29, 0.717) is 17.3 Å². The largest absolute Gasteiger partial charge is 0.399 e. The average molecular weight is 334 g/mol. The monoisotopic (exact) mass is 334 g/mol. The topological polar surface area (TPSA) is 29.3 Å². The van der Waals surface area contributed by atoms with E-state index < -0.39 is 0 Å². The molecule has 25 heavy (non-hydrogen) atoms. The molecule has 3 aromatic rings. The minimum Gasteiger partial charge on any atom is -0.399 e. The number of benzene rings is 3. The van der Waals surface area contributed by atoms with Gasteiger partial charge in [0.05, 0.1) is 5.69 Å². The first-order chi connectivity index (χ1) is 12.2. The Morgan fingerprint density at radius 3 is 2.52 bits per heavy atom. The molecular formula is C22H23FN2. The van der Waals surface area contributed by atoms with Crippen LogP contribution < -0.4 is 10.6 Å². The van der Waals surface area contributed by atoms with E-state index in [9.17, 15) is 4.39 Å². The van der Waals surface area contributed by atoms with Gasteiger partial charge in [-0.05, 0) is 59.7 Å². The summed E-state index contributed by atoms with van der Waals surface area (Å²) in [6, 6.07) is 20.1. The summed E-state index contributed by atoms with van der Waals surface area (Å²) in [5, 5.41) is 2.67. The molecular weight excluding hydrogens is 311 g/mol. The van der Waals surface area contributed by atoms with Gasteiger partial charge >= 0.3 is 0 Å². The van der Waals surface area contributed by atoms with Crippen molar-refractivity contribution in [2.45, 2.75) is 19.3 Å². The molecule has 1 heterocycles. The van der Waals surface area contributed by atoms with Crippen LogP contribution in [0.25, 0.3) is 10.8 Å². The van der Waals surface area contributed by atoms with Gasteiger partial charge in [-0.25, -0.2) is 4.39 Å². The summed E-state index contributed by atoms with van der Waals surface area (Å²) in [4.78, 5) is 2.15. The molecule has 0 atom stereocenters. The molecule has 3 heteroatoms. The molecule has 0 bridgehead atoms. The second-order valence-electron chi connectivity index (χ2n) is 6.98. The number of anilines is 2. The van der Waals surface area contributed by atoms with Crippen molar-refractivity contribution in [3.05, 3.63) is 72.0 Å². The molecule has 2 nitrogen and oxygen atoms in total. The minimum absolute atomic E-state index is 0.215. The zero-order chi connectivity index (χ0) is 17.2. The van der Waals surface area contributed by atoms with E-state index in [1.807, 2.05) is 0 Å². The van der Waals surface area contributed by atoms with Gasteiger partial charge in [-0.2, -0.15) is 0 Å². The highest BCUT2D eigenvalue weighted by atomic mass is 19.1. The number of nitrogen functional groups attached to an aromatic ring is 1. The van der Waals surface area contributed by atoms with Crippen LogP contribution in [0.1, 0.15) is 18.4 Å². The van der Waals surface area contributed by atoms with E-state index in [1.165, 1.54) is 22.4 Å². The second kappa shape index (κ2) is 6.75. The van der Waals surface area contributed by atoms with Crippen molar-refractivity contribution in [2.24, 2.45) is 5.92 Å². The van der Waals surface area contributed by atoms with Crippen molar-refractivity contribution < 1.29 is 4.39 Å². The van der Waals surface area contributed by atoms with Crippen LogP contribution in [-0.4, -0.2) is 13.1 Å². The van der Waals surface area contributed by atoms with Crippen LogP contribution >= 0.6 is 0 Å². The molecule has 4 rings (SSSR count). The number of halogens is 1. The average Bonchev–Trinajstić information content (AvgIpc) is 2.63. The maximum absolute atomic E-state index is 14.1. The van der Waals surface area contributed by atoms with Crippen molar-refractivity contribution in [3.63, 3.8) is 0 Å². The van der Waals surface area contributed by atoms with Gasteiger partial charge in [-0.3, -0.25) is 0 Å². The van der Waals surface area contributed by atoms with Crippen molar-refractivity contribution in [1.82, 2.24) is 0 Å². The second-order valence-corrected chi connectivity index (χ2v) is 6.98. The lowest BCUT2D eigenvalue weighted by Gasteiger charge is -2.34. The molecule has 0 unspecified atom stereocenters. The summed E-state index contributed by atoms with van der Waals surface area (Å²) in [5.41, 5.74) is 8.24. The molecule has 0 aromatic heterocycles. The standard InChI is InChI=1S/C22H23FN2/c23-21-15-19(24)8-9-22(21)25-12-10-16(11-13-25)14-18-6-3-5-17-4-1-2-7-20(17)18/h1-9,15-16H,10-14,24H2. The Balaban J connectivity index is 1.45. The Hall–Kier alpha value is -2.55. The third-order valence-electron chi connectivity index (χ3n) is 5.32. The highest BCUT2D eigenvalue weighted by Crippen LogP contribution is 2.30. The first kappa shape index (κ1) is 15.9. The molecule has 0 aliphatic carbocycles. The predicted octanol–water partition coefficient (Wildman–Crippen LogP) is 5.02. The fourth-order valence-corrected chi connectivity index (χ4v) is 3.94. The van der Waals surface area contributed by atoms with Crippen LogP contribution in [0.4, 0.5) is 15.8 Å². The van der Waals surface area contributed by atoms with Crippen LogP contribution in [0.15, 0.2) is 60.7 Å². The van der Waals surface area contributed by atoms with E-state index >= 15 is 0 Å². The fourth-order valence-electron chi connectivity index (χ4n) is 3.94. The maximum Gasteiger partial charge on any atom is 0.148 e. The van der Waals surface area contributed by atoms with Crippen LogP contribution in [-0.2, 0) is 6.42 Å². The molecule has 3 aromatic carbocycles. The summed E-state index contributed by atoms with van der Waals surface area (Å²) < 4.78 is 14.1. The number of nitrogens with two attached hydrogens (primary N) is 1. The lowest BCUT2D eigenvalue weighted by Crippen LogP contribution is -2.34. The predicted molar refractivity (Wildman–Crippen MR) is 103 cm³/mol. The van der Waals surface area contributed by atoms with Gasteiger partial charge in [-0.1, -0.05) is 42.5 Å². The van der Waals surface area contributed by atoms with Crippen LogP contribution in [0.3, 0.4) is 0 Å². The van der Waals surface area contributed by atoms with E-state index in [-0.39, 0.29) is 5.82 Å². The van der Waals surface area contributed by atoms with Crippen molar-refractivity contribution >= 4 is 22.1 Å². The summed E-state index contributed by atoms with van der Waals surface area (Å²) in [6.45, 7) is 1.80. The van der Waals surface area contributed by atoms with Gasteiger partial charge < -0.3 is 10.6 Å². The number of nitrogens with zero attached hydrogens (tertiary/aromatic N) is 1. The van der Waals surface area contributed by atoms with Gasteiger partial charge in [0.2, 0.25) is 0 Å². The van der Waals surface area contributed by atoms with E-state index in [2.05, 4.69) is 47.4 Å². The third-order valence-corrected chi connectivity index (χ3v) is 5.32. The Bertz CT molecular complexity index is 877. The number of hydrogen-bond donors (Lipinski definition) is 1. The Morgan fingerprint density at radius 1 is 0.960 bits per heavy atom. The van der Waals surface area contributed by atoms with Gasteiger partial charge in [0.1, 0.15) is 5.82 Å². The summed E-state index contributed by atoms with van der Waals surface area (Å²) >= 11 is 0. The highest BCUT2D eigenvalue weighted by Gasteiger charge is 2.22. The normalized spacial score (nSPS) is 15.6. The van der Waals surface area contributed by atoms with Gasteiger partial charge in [0, 0.05) is 18.8 Å². The summed E-state index contributed by atoms with van der Waals surface area (Å²) in [5.74, 6) is 0.436. The molecule has 0 radical (unpaired) electrons. The van der Waals surface area contributed by atoms with Gasteiger partial charge in [0.15, 0.2) is 0 Å². The number of hydrogen-bond acceptors (Lipinski definition) is 2. The first-order valence-corrected chi connectivity index (χ1v) is 8.97. The zero-order valence-electron chi connectivity index (χ0n) is 14.3. The lowest BCUT2D eigenvalue weighted by molar-refractivity contribution is 0.402.